The number of aromatic nitrogens is 2. The first-order valence-corrected chi connectivity index (χ1v) is 6.40. The maximum absolute atomic E-state index is 12.1. The minimum Gasteiger partial charge on any atom is -0.348 e. The van der Waals surface area contributed by atoms with Crippen molar-refractivity contribution < 1.29 is 4.79 Å². The van der Waals surface area contributed by atoms with Crippen molar-refractivity contribution >= 4 is 5.78 Å². The smallest absolute Gasteiger partial charge is 0.193 e. The summed E-state index contributed by atoms with van der Waals surface area (Å²) in [5.41, 5.74) is 1.81. The zero-order valence-corrected chi connectivity index (χ0v) is 11.4. The molecule has 0 saturated carbocycles. The van der Waals surface area contributed by atoms with Gasteiger partial charge >= 0.3 is 0 Å². The Morgan fingerprint density at radius 1 is 1.32 bits per heavy atom. The Morgan fingerprint density at radius 2 is 2.16 bits per heavy atom. The third kappa shape index (κ3) is 3.76. The van der Waals surface area contributed by atoms with Gasteiger partial charge in [0, 0.05) is 38.1 Å². The maximum atomic E-state index is 12.1. The van der Waals surface area contributed by atoms with Crippen LogP contribution in [0.4, 0.5) is 0 Å². The first-order valence-electron chi connectivity index (χ1n) is 6.40. The van der Waals surface area contributed by atoms with Crippen LogP contribution in [0.3, 0.4) is 0 Å². The molecule has 0 N–H and O–H groups in total. The van der Waals surface area contributed by atoms with Crippen LogP contribution in [0.15, 0.2) is 42.7 Å². The normalized spacial score (nSPS) is 10.9. The number of ketones is 1. The summed E-state index contributed by atoms with van der Waals surface area (Å²) >= 11 is 0. The van der Waals surface area contributed by atoms with Gasteiger partial charge in [-0.2, -0.15) is 0 Å². The summed E-state index contributed by atoms with van der Waals surface area (Å²) < 4.78 is 1.86. The van der Waals surface area contributed by atoms with Gasteiger partial charge in [-0.25, -0.2) is 0 Å². The van der Waals surface area contributed by atoms with Gasteiger partial charge in [0.1, 0.15) is 0 Å². The Morgan fingerprint density at radius 3 is 2.79 bits per heavy atom. The van der Waals surface area contributed by atoms with E-state index in [-0.39, 0.29) is 5.78 Å². The molecule has 2 heterocycles. The molecule has 0 aliphatic rings. The van der Waals surface area contributed by atoms with E-state index in [1.807, 2.05) is 60.1 Å². The summed E-state index contributed by atoms with van der Waals surface area (Å²) in [6, 6.07) is 9.65. The minimum absolute atomic E-state index is 0.149. The second-order valence-corrected chi connectivity index (χ2v) is 4.74. The number of Topliss-reactive ketones (excluding diaryl/α,β-unsaturated/α-hetero) is 1. The summed E-state index contributed by atoms with van der Waals surface area (Å²) in [6.45, 7) is 1.26. The number of pyridine rings is 1. The molecule has 0 fully saturated rings. The van der Waals surface area contributed by atoms with Crippen molar-refractivity contribution in [3.05, 3.63) is 54.1 Å². The number of rotatable bonds is 6. The first-order chi connectivity index (χ1) is 9.16. The molecule has 0 aliphatic carbocycles. The molecule has 0 aliphatic heterocycles. The van der Waals surface area contributed by atoms with Gasteiger partial charge in [-0.15, -0.1) is 0 Å². The molecule has 100 valence electrons. The SMILES string of the molecule is CN(CCc1ccccn1)CC(=O)c1cccn1C. The summed E-state index contributed by atoms with van der Waals surface area (Å²) in [4.78, 5) is 18.4. The second-order valence-electron chi connectivity index (χ2n) is 4.74. The Labute approximate surface area is 113 Å². The fourth-order valence-electron chi connectivity index (χ4n) is 2.01. The number of carbonyl (C=O) groups is 1. The number of likely N-dealkylation sites (N-methyl/N-ethyl adjacent to an activating group) is 1. The molecule has 19 heavy (non-hydrogen) atoms. The molecule has 0 unspecified atom stereocenters. The average molecular weight is 257 g/mol. The molecule has 0 aromatic carbocycles. The largest absolute Gasteiger partial charge is 0.348 e. The van der Waals surface area contributed by atoms with Gasteiger partial charge in [0.2, 0.25) is 0 Å². The van der Waals surface area contributed by atoms with Crippen molar-refractivity contribution in [3.63, 3.8) is 0 Å². The van der Waals surface area contributed by atoms with Crippen LogP contribution in [0, 0.1) is 0 Å². The second kappa shape index (κ2) is 6.29. The van der Waals surface area contributed by atoms with Gasteiger partial charge < -0.3 is 4.57 Å². The fraction of sp³-hybridized carbons (Fsp3) is 0.333. The van der Waals surface area contributed by atoms with Crippen LogP contribution < -0.4 is 0 Å². The van der Waals surface area contributed by atoms with Crippen molar-refractivity contribution in [1.82, 2.24) is 14.5 Å². The van der Waals surface area contributed by atoms with E-state index in [0.717, 1.165) is 24.4 Å². The van der Waals surface area contributed by atoms with E-state index in [4.69, 9.17) is 0 Å². The van der Waals surface area contributed by atoms with Crippen molar-refractivity contribution in [3.8, 4) is 0 Å². The lowest BCUT2D eigenvalue weighted by Crippen LogP contribution is -2.29. The third-order valence-electron chi connectivity index (χ3n) is 3.12. The quantitative estimate of drug-likeness (QED) is 0.740. The Kier molecular flexibility index (Phi) is 4.47. The van der Waals surface area contributed by atoms with Crippen LogP contribution in [0.1, 0.15) is 16.2 Å². The number of nitrogens with zero attached hydrogens (tertiary/aromatic N) is 3. The fourth-order valence-corrected chi connectivity index (χ4v) is 2.01. The topological polar surface area (TPSA) is 38.1 Å². The van der Waals surface area contributed by atoms with Gasteiger partial charge in [0.25, 0.3) is 0 Å². The summed E-state index contributed by atoms with van der Waals surface area (Å²) in [5, 5.41) is 0. The van der Waals surface area contributed by atoms with Crippen LogP contribution >= 0.6 is 0 Å². The lowest BCUT2D eigenvalue weighted by atomic mass is 10.2. The average Bonchev–Trinajstić information content (AvgIpc) is 2.84. The summed E-state index contributed by atoms with van der Waals surface area (Å²) in [5.74, 6) is 0.149. The first kappa shape index (κ1) is 13.5. The monoisotopic (exact) mass is 257 g/mol. The van der Waals surface area contributed by atoms with Crippen molar-refractivity contribution in [2.75, 3.05) is 20.1 Å². The van der Waals surface area contributed by atoms with E-state index in [1.165, 1.54) is 0 Å². The Hall–Kier alpha value is -1.94. The molecule has 2 aromatic rings. The van der Waals surface area contributed by atoms with Crippen LogP contribution in [-0.2, 0) is 13.5 Å². The standard InChI is InChI=1S/C15H19N3O/c1-17(11-8-13-6-3-4-9-16-13)12-15(19)14-7-5-10-18(14)2/h3-7,9-10H,8,11-12H2,1-2H3. The highest BCUT2D eigenvalue weighted by molar-refractivity contribution is 5.96. The van der Waals surface area contributed by atoms with E-state index in [0.29, 0.717) is 6.54 Å². The van der Waals surface area contributed by atoms with Crippen molar-refractivity contribution in [2.24, 2.45) is 7.05 Å². The summed E-state index contributed by atoms with van der Waals surface area (Å²) in [6.07, 6.45) is 4.54. The predicted molar refractivity (Wildman–Crippen MR) is 75.2 cm³/mol. The van der Waals surface area contributed by atoms with Gasteiger partial charge in [-0.1, -0.05) is 6.07 Å². The maximum Gasteiger partial charge on any atom is 0.193 e. The van der Waals surface area contributed by atoms with Crippen LogP contribution in [0.2, 0.25) is 0 Å². The van der Waals surface area contributed by atoms with Gasteiger partial charge in [-0.3, -0.25) is 14.7 Å². The van der Waals surface area contributed by atoms with Crippen LogP contribution in [0.5, 0.6) is 0 Å². The minimum atomic E-state index is 0.149. The molecule has 2 aromatic heterocycles. The highest BCUT2D eigenvalue weighted by atomic mass is 16.1. The van der Waals surface area contributed by atoms with Crippen molar-refractivity contribution in [2.45, 2.75) is 6.42 Å². The predicted octanol–water partition coefficient (Wildman–Crippen LogP) is 1.78. The van der Waals surface area contributed by atoms with Crippen molar-refractivity contribution in [1.29, 1.82) is 0 Å². The van der Waals surface area contributed by atoms with Gasteiger partial charge in [-0.05, 0) is 31.3 Å². The highest BCUT2D eigenvalue weighted by Gasteiger charge is 2.11. The highest BCUT2D eigenvalue weighted by Crippen LogP contribution is 2.03. The molecule has 2 rings (SSSR count). The number of hydrogen-bond acceptors (Lipinski definition) is 3. The van der Waals surface area contributed by atoms with E-state index < -0.39 is 0 Å². The van der Waals surface area contributed by atoms with Gasteiger partial charge in [0.05, 0.1) is 12.2 Å². The van der Waals surface area contributed by atoms with E-state index in [9.17, 15) is 4.79 Å². The summed E-state index contributed by atoms with van der Waals surface area (Å²) in [7, 11) is 3.85. The molecular weight excluding hydrogens is 238 g/mol. The third-order valence-corrected chi connectivity index (χ3v) is 3.12. The molecule has 0 saturated heterocycles. The molecule has 0 spiro atoms. The lowest BCUT2D eigenvalue weighted by molar-refractivity contribution is 0.0938. The van der Waals surface area contributed by atoms with E-state index in [1.54, 1.807) is 6.20 Å². The van der Waals surface area contributed by atoms with Crippen LogP contribution in [-0.4, -0.2) is 40.4 Å². The zero-order valence-electron chi connectivity index (χ0n) is 11.4. The number of hydrogen-bond donors (Lipinski definition) is 0. The number of carbonyl (C=O) groups excluding carboxylic acids is 1. The molecule has 0 amide bonds. The Bertz CT molecular complexity index is 533. The molecule has 4 nitrogen and oxygen atoms in total. The van der Waals surface area contributed by atoms with E-state index in [2.05, 4.69) is 4.98 Å². The van der Waals surface area contributed by atoms with E-state index >= 15 is 0 Å². The number of aryl methyl sites for hydroxylation is 1. The molecule has 0 atom stereocenters. The zero-order chi connectivity index (χ0) is 13.7. The molecule has 0 bridgehead atoms. The van der Waals surface area contributed by atoms with Crippen LogP contribution in [0.25, 0.3) is 0 Å². The molecular formula is C15H19N3O. The van der Waals surface area contributed by atoms with Gasteiger partial charge in [0.15, 0.2) is 5.78 Å². The molecule has 4 heteroatoms. The Balaban J connectivity index is 1.83. The molecule has 0 radical (unpaired) electrons. The lowest BCUT2D eigenvalue weighted by Gasteiger charge is -2.15.